The van der Waals surface area contributed by atoms with E-state index in [0.717, 1.165) is 23.4 Å². The second-order valence-corrected chi connectivity index (χ2v) is 8.59. The summed E-state index contributed by atoms with van der Waals surface area (Å²) in [6, 6.07) is 16.7. The van der Waals surface area contributed by atoms with E-state index in [-0.39, 0.29) is 10.0 Å². The van der Waals surface area contributed by atoms with Crippen LogP contribution in [0.2, 0.25) is 5.02 Å². The summed E-state index contributed by atoms with van der Waals surface area (Å²) in [6.45, 7) is 1.86. The monoisotopic (exact) mass is 449 g/mol. The van der Waals surface area contributed by atoms with Gasteiger partial charge in [-0.3, -0.25) is 4.72 Å². The molecule has 3 rings (SSSR count). The van der Waals surface area contributed by atoms with Gasteiger partial charge in [0.2, 0.25) is 0 Å². The summed E-state index contributed by atoms with van der Waals surface area (Å²) >= 11 is 11.5. The molecule has 5 nitrogen and oxygen atoms in total. The predicted octanol–water partition coefficient (Wildman–Crippen LogP) is 5.40. The number of sulfonamides is 1. The molecule has 0 bridgehead atoms. The van der Waals surface area contributed by atoms with Crippen molar-refractivity contribution in [1.82, 2.24) is 0 Å². The Morgan fingerprint density at radius 3 is 2.17 bits per heavy atom. The number of halogens is 2. The summed E-state index contributed by atoms with van der Waals surface area (Å²) in [6.07, 6.45) is 0. The van der Waals surface area contributed by atoms with Gasteiger partial charge < -0.3 is 10.6 Å². The fraction of sp³-hybridized carbons (Fsp3) is 0.0500. The highest BCUT2D eigenvalue weighted by molar-refractivity contribution is 7.92. The number of hydrogen-bond donors (Lipinski definition) is 3. The quantitative estimate of drug-likeness (QED) is 0.455. The Morgan fingerprint density at radius 1 is 0.897 bits per heavy atom. The van der Waals surface area contributed by atoms with Crippen LogP contribution in [0.15, 0.2) is 71.6 Å². The molecule has 0 saturated carbocycles. The topological polar surface area (TPSA) is 70.2 Å². The summed E-state index contributed by atoms with van der Waals surface area (Å²) in [4.78, 5) is -0.0519. The Hall–Kier alpha value is -2.68. The van der Waals surface area contributed by atoms with Gasteiger partial charge in [0, 0.05) is 10.7 Å². The number of hydrogen-bond acceptors (Lipinski definition) is 3. The van der Waals surface area contributed by atoms with Crippen LogP contribution in [0.1, 0.15) is 5.56 Å². The first-order valence-electron chi connectivity index (χ1n) is 8.47. The summed E-state index contributed by atoms with van der Waals surface area (Å²) in [5, 5.41) is 6.89. The van der Waals surface area contributed by atoms with Gasteiger partial charge >= 0.3 is 0 Å². The third-order valence-electron chi connectivity index (χ3n) is 4.06. The minimum absolute atomic E-state index is 0.0519. The molecule has 0 saturated heterocycles. The maximum Gasteiger partial charge on any atom is 0.261 e. The smallest absolute Gasteiger partial charge is 0.261 e. The van der Waals surface area contributed by atoms with Crippen molar-refractivity contribution in [2.45, 2.75) is 11.8 Å². The highest BCUT2D eigenvalue weighted by Crippen LogP contribution is 2.26. The van der Waals surface area contributed by atoms with E-state index < -0.39 is 15.8 Å². The lowest BCUT2D eigenvalue weighted by molar-refractivity contribution is 0.599. The van der Waals surface area contributed by atoms with Gasteiger partial charge in [-0.15, -0.1) is 0 Å². The van der Waals surface area contributed by atoms with E-state index in [4.69, 9.17) is 23.8 Å². The van der Waals surface area contributed by atoms with E-state index in [0.29, 0.717) is 16.4 Å². The molecule has 0 atom stereocenters. The van der Waals surface area contributed by atoms with Crippen LogP contribution in [0.4, 0.5) is 21.5 Å². The fourth-order valence-electron chi connectivity index (χ4n) is 2.52. The van der Waals surface area contributed by atoms with Gasteiger partial charge in [-0.25, -0.2) is 12.8 Å². The van der Waals surface area contributed by atoms with Gasteiger partial charge in [0.25, 0.3) is 10.0 Å². The minimum Gasteiger partial charge on any atom is -0.332 e. The standard InChI is InChI=1S/C20H17ClFN3O2S2/c1-13-16(21)5-4-8-17(13)23-20(28)24-18-6-2-3-7-19(18)25-29(26,27)15-11-9-14(22)10-12-15/h2-12,25H,1H3,(H2,23,24,28). The van der Waals surface area contributed by atoms with Crippen molar-refractivity contribution in [3.63, 3.8) is 0 Å². The Kier molecular flexibility index (Phi) is 6.36. The maximum absolute atomic E-state index is 13.1. The summed E-state index contributed by atoms with van der Waals surface area (Å²) in [7, 11) is -3.90. The van der Waals surface area contributed by atoms with Crippen molar-refractivity contribution in [1.29, 1.82) is 0 Å². The molecule has 3 N–H and O–H groups in total. The molecule has 0 heterocycles. The Bertz CT molecular complexity index is 1150. The molecule has 9 heteroatoms. The molecule has 29 heavy (non-hydrogen) atoms. The van der Waals surface area contributed by atoms with Crippen LogP contribution in [0.5, 0.6) is 0 Å². The molecule has 0 fully saturated rings. The summed E-state index contributed by atoms with van der Waals surface area (Å²) in [5.74, 6) is -0.515. The van der Waals surface area contributed by atoms with Gasteiger partial charge in [-0.2, -0.15) is 0 Å². The van der Waals surface area contributed by atoms with Crippen molar-refractivity contribution in [2.75, 3.05) is 15.4 Å². The SMILES string of the molecule is Cc1c(Cl)cccc1NC(=S)Nc1ccccc1NS(=O)(=O)c1ccc(F)cc1. The van der Waals surface area contributed by atoms with E-state index >= 15 is 0 Å². The lowest BCUT2D eigenvalue weighted by Crippen LogP contribution is -2.21. The molecule has 3 aromatic carbocycles. The van der Waals surface area contributed by atoms with Crippen LogP contribution in [0.25, 0.3) is 0 Å². The fourth-order valence-corrected chi connectivity index (χ4v) is 3.99. The lowest BCUT2D eigenvalue weighted by atomic mass is 10.2. The third kappa shape index (κ3) is 5.23. The van der Waals surface area contributed by atoms with Crippen LogP contribution in [-0.2, 0) is 10.0 Å². The number of para-hydroxylation sites is 2. The molecule has 0 aliphatic rings. The molecule has 3 aromatic rings. The van der Waals surface area contributed by atoms with E-state index in [9.17, 15) is 12.8 Å². The zero-order valence-corrected chi connectivity index (χ0v) is 17.6. The number of thiocarbonyl (C=S) groups is 1. The molecule has 0 unspecified atom stereocenters. The summed E-state index contributed by atoms with van der Waals surface area (Å²) < 4.78 is 40.8. The maximum atomic E-state index is 13.1. The van der Waals surface area contributed by atoms with Crippen LogP contribution in [-0.4, -0.2) is 13.5 Å². The first-order chi connectivity index (χ1) is 13.8. The Morgan fingerprint density at radius 2 is 1.48 bits per heavy atom. The van der Waals surface area contributed by atoms with Crippen molar-refractivity contribution in [3.8, 4) is 0 Å². The molecule has 150 valence electrons. The average molecular weight is 450 g/mol. The number of anilines is 3. The zero-order chi connectivity index (χ0) is 21.0. The summed E-state index contributed by atoms with van der Waals surface area (Å²) in [5.41, 5.74) is 2.32. The van der Waals surface area contributed by atoms with Crippen molar-refractivity contribution in [3.05, 3.63) is 83.1 Å². The highest BCUT2D eigenvalue weighted by Gasteiger charge is 2.16. The van der Waals surface area contributed by atoms with Crippen molar-refractivity contribution < 1.29 is 12.8 Å². The molecule has 0 aliphatic heterocycles. The third-order valence-corrected chi connectivity index (χ3v) is 6.05. The second kappa shape index (κ2) is 8.77. The largest absolute Gasteiger partial charge is 0.332 e. The van der Waals surface area contributed by atoms with E-state index in [1.807, 2.05) is 13.0 Å². The molecule has 0 aromatic heterocycles. The molecule has 0 spiro atoms. The number of rotatable bonds is 5. The lowest BCUT2D eigenvalue weighted by Gasteiger charge is -2.16. The van der Waals surface area contributed by atoms with Crippen molar-refractivity contribution >= 4 is 56.0 Å². The second-order valence-electron chi connectivity index (χ2n) is 6.10. The van der Waals surface area contributed by atoms with Crippen LogP contribution >= 0.6 is 23.8 Å². The molecule has 0 radical (unpaired) electrons. The van der Waals surface area contributed by atoms with Gasteiger partial charge in [0.15, 0.2) is 5.11 Å². The molecule has 0 aliphatic carbocycles. The normalized spacial score (nSPS) is 11.0. The number of nitrogens with one attached hydrogen (secondary N) is 3. The highest BCUT2D eigenvalue weighted by atomic mass is 35.5. The van der Waals surface area contributed by atoms with Crippen LogP contribution < -0.4 is 15.4 Å². The Balaban J connectivity index is 1.79. The first kappa shape index (κ1) is 21.0. The van der Waals surface area contributed by atoms with Gasteiger partial charge in [-0.05, 0) is 73.2 Å². The van der Waals surface area contributed by atoms with Crippen LogP contribution in [0.3, 0.4) is 0 Å². The zero-order valence-electron chi connectivity index (χ0n) is 15.2. The molecular formula is C20H17ClFN3O2S2. The van der Waals surface area contributed by atoms with E-state index in [2.05, 4.69) is 15.4 Å². The van der Waals surface area contributed by atoms with Gasteiger partial charge in [0.1, 0.15) is 5.82 Å². The molecular weight excluding hydrogens is 433 g/mol. The predicted molar refractivity (Wildman–Crippen MR) is 120 cm³/mol. The molecule has 0 amide bonds. The number of benzene rings is 3. The van der Waals surface area contributed by atoms with Crippen LogP contribution in [0, 0.1) is 12.7 Å². The van der Waals surface area contributed by atoms with E-state index in [1.165, 1.54) is 12.1 Å². The van der Waals surface area contributed by atoms with Crippen molar-refractivity contribution in [2.24, 2.45) is 0 Å². The van der Waals surface area contributed by atoms with Gasteiger partial charge in [-0.1, -0.05) is 29.8 Å². The minimum atomic E-state index is -3.90. The first-order valence-corrected chi connectivity index (χ1v) is 10.7. The van der Waals surface area contributed by atoms with Gasteiger partial charge in [0.05, 0.1) is 16.3 Å². The average Bonchev–Trinajstić information content (AvgIpc) is 2.67. The van der Waals surface area contributed by atoms with E-state index in [1.54, 1.807) is 36.4 Å². The Labute approximate surface area is 179 Å².